The van der Waals surface area contributed by atoms with E-state index in [1.54, 1.807) is 46.3 Å². The molecule has 1 aliphatic rings. The Hall–Kier alpha value is -4.20. The summed E-state index contributed by atoms with van der Waals surface area (Å²) in [5, 5.41) is 0. The molecule has 0 spiro atoms. The molecular formula is C22H16N6O2. The average molecular weight is 396 g/mol. The van der Waals surface area contributed by atoms with Gasteiger partial charge in [-0.3, -0.25) is 19.1 Å². The Morgan fingerprint density at radius 2 is 1.77 bits per heavy atom. The van der Waals surface area contributed by atoms with Gasteiger partial charge in [-0.25, -0.2) is 15.0 Å². The second-order valence-electron chi connectivity index (χ2n) is 6.83. The van der Waals surface area contributed by atoms with Crippen LogP contribution in [0.2, 0.25) is 0 Å². The summed E-state index contributed by atoms with van der Waals surface area (Å²) in [5.41, 5.74) is 3.13. The SMILES string of the molecule is O=C(CN1c2ccccc2Cn2c1nc(-c1ccncn1)cc2=O)c1ccncc1. The lowest BCUT2D eigenvalue weighted by atomic mass is 10.1. The van der Waals surface area contributed by atoms with Crippen molar-refractivity contribution < 1.29 is 4.79 Å². The van der Waals surface area contributed by atoms with Crippen molar-refractivity contribution >= 4 is 17.4 Å². The number of Topliss-reactive ketones (excluding diaryl/α,β-unsaturated/α-hetero) is 1. The molecule has 0 bridgehead atoms. The minimum Gasteiger partial charge on any atom is -0.304 e. The van der Waals surface area contributed by atoms with Gasteiger partial charge in [0.25, 0.3) is 5.56 Å². The summed E-state index contributed by atoms with van der Waals surface area (Å²) in [7, 11) is 0. The molecule has 1 aromatic carbocycles. The van der Waals surface area contributed by atoms with Crippen LogP contribution in [0.15, 0.2) is 78.2 Å². The molecule has 0 atom stereocenters. The number of nitrogens with zero attached hydrogens (tertiary/aromatic N) is 6. The van der Waals surface area contributed by atoms with Gasteiger partial charge in [0.15, 0.2) is 5.78 Å². The van der Waals surface area contributed by atoms with Crippen LogP contribution in [-0.2, 0) is 6.54 Å². The van der Waals surface area contributed by atoms with E-state index in [0.29, 0.717) is 29.4 Å². The number of hydrogen-bond acceptors (Lipinski definition) is 7. The van der Waals surface area contributed by atoms with Crippen LogP contribution in [0.25, 0.3) is 11.4 Å². The van der Waals surface area contributed by atoms with Crippen molar-refractivity contribution in [1.29, 1.82) is 0 Å². The zero-order valence-electron chi connectivity index (χ0n) is 15.8. The normalized spacial score (nSPS) is 12.2. The summed E-state index contributed by atoms with van der Waals surface area (Å²) in [6, 6.07) is 14.2. The van der Waals surface area contributed by atoms with Crippen molar-refractivity contribution in [2.45, 2.75) is 6.54 Å². The minimum absolute atomic E-state index is 0.0424. The summed E-state index contributed by atoms with van der Waals surface area (Å²) in [4.78, 5) is 44.5. The molecule has 0 aliphatic carbocycles. The molecule has 8 heteroatoms. The number of benzene rings is 1. The highest BCUT2D eigenvalue weighted by Crippen LogP contribution is 2.33. The van der Waals surface area contributed by atoms with E-state index in [2.05, 4.69) is 15.0 Å². The lowest BCUT2D eigenvalue weighted by Crippen LogP contribution is -2.37. The maximum Gasteiger partial charge on any atom is 0.255 e. The van der Waals surface area contributed by atoms with Crippen molar-refractivity contribution in [3.63, 3.8) is 0 Å². The predicted molar refractivity (Wildman–Crippen MR) is 111 cm³/mol. The Bertz CT molecular complexity index is 1290. The molecule has 0 fully saturated rings. The Labute approximate surface area is 171 Å². The molecule has 4 aromatic rings. The van der Waals surface area contributed by atoms with Gasteiger partial charge in [-0.05, 0) is 29.8 Å². The zero-order chi connectivity index (χ0) is 20.5. The molecule has 0 radical (unpaired) electrons. The number of carbonyl (C=O) groups excluding carboxylic acids is 1. The van der Waals surface area contributed by atoms with Crippen molar-refractivity contribution in [3.05, 3.63) is 94.9 Å². The lowest BCUT2D eigenvalue weighted by Gasteiger charge is -2.32. The van der Waals surface area contributed by atoms with Gasteiger partial charge in [0.05, 0.1) is 24.5 Å². The first kappa shape index (κ1) is 17.9. The fraction of sp³-hybridized carbons (Fsp3) is 0.0909. The van der Waals surface area contributed by atoms with Gasteiger partial charge in [-0.2, -0.15) is 0 Å². The second kappa shape index (κ2) is 7.32. The molecule has 0 saturated heterocycles. The zero-order valence-corrected chi connectivity index (χ0v) is 15.8. The number of rotatable bonds is 4. The smallest absolute Gasteiger partial charge is 0.255 e. The van der Waals surface area contributed by atoms with E-state index < -0.39 is 0 Å². The summed E-state index contributed by atoms with van der Waals surface area (Å²) in [6.07, 6.45) is 6.18. The summed E-state index contributed by atoms with van der Waals surface area (Å²) >= 11 is 0. The van der Waals surface area contributed by atoms with E-state index in [-0.39, 0.29) is 17.9 Å². The Morgan fingerprint density at radius 1 is 0.967 bits per heavy atom. The number of ketones is 1. The van der Waals surface area contributed by atoms with Crippen LogP contribution in [-0.4, -0.2) is 36.8 Å². The van der Waals surface area contributed by atoms with Crippen molar-refractivity contribution in [2.75, 3.05) is 11.4 Å². The van der Waals surface area contributed by atoms with E-state index in [9.17, 15) is 9.59 Å². The monoisotopic (exact) mass is 396 g/mol. The number of hydrogen-bond donors (Lipinski definition) is 0. The minimum atomic E-state index is -0.204. The average Bonchev–Trinajstić information content (AvgIpc) is 2.80. The van der Waals surface area contributed by atoms with Gasteiger partial charge in [-0.1, -0.05) is 18.2 Å². The van der Waals surface area contributed by atoms with Crippen molar-refractivity contribution in [1.82, 2.24) is 24.5 Å². The molecule has 4 heterocycles. The highest BCUT2D eigenvalue weighted by Gasteiger charge is 2.27. The first-order valence-corrected chi connectivity index (χ1v) is 9.37. The van der Waals surface area contributed by atoms with Gasteiger partial charge in [-0.15, -0.1) is 0 Å². The molecule has 5 rings (SSSR count). The second-order valence-corrected chi connectivity index (χ2v) is 6.83. The Morgan fingerprint density at radius 3 is 2.57 bits per heavy atom. The molecule has 8 nitrogen and oxygen atoms in total. The Kier molecular flexibility index (Phi) is 4.36. The molecule has 0 amide bonds. The summed E-state index contributed by atoms with van der Waals surface area (Å²) < 4.78 is 1.58. The first-order chi connectivity index (χ1) is 14.7. The highest BCUT2D eigenvalue weighted by atomic mass is 16.1. The van der Waals surface area contributed by atoms with Crippen molar-refractivity contribution in [3.8, 4) is 11.4 Å². The quantitative estimate of drug-likeness (QED) is 0.489. The molecule has 0 saturated carbocycles. The van der Waals surface area contributed by atoms with Crippen LogP contribution in [0.4, 0.5) is 11.6 Å². The number of para-hydroxylation sites is 1. The molecule has 0 N–H and O–H groups in total. The van der Waals surface area contributed by atoms with Crippen LogP contribution >= 0.6 is 0 Å². The van der Waals surface area contributed by atoms with Gasteiger partial charge in [0, 0.05) is 35.9 Å². The van der Waals surface area contributed by atoms with E-state index in [1.165, 1.54) is 12.4 Å². The number of fused-ring (bicyclic) bond motifs is 2. The Balaban J connectivity index is 1.64. The van der Waals surface area contributed by atoms with E-state index in [4.69, 9.17) is 4.98 Å². The topological polar surface area (TPSA) is 93.9 Å². The summed E-state index contributed by atoms with van der Waals surface area (Å²) in [5.74, 6) is 0.319. The number of pyridine rings is 1. The maximum absolute atomic E-state index is 13.0. The standard InChI is InChI=1S/C22H16N6O2/c29-20(15-5-8-23-9-6-15)13-27-19-4-2-1-3-16(19)12-28-21(30)11-18(26-22(27)28)17-7-10-24-14-25-17/h1-11,14H,12-13H2. The van der Waals surface area contributed by atoms with Crippen LogP contribution in [0.3, 0.4) is 0 Å². The maximum atomic E-state index is 13.0. The lowest BCUT2D eigenvalue weighted by molar-refractivity contribution is 0.100. The van der Waals surface area contributed by atoms with Crippen molar-refractivity contribution in [2.24, 2.45) is 0 Å². The van der Waals surface area contributed by atoms with Crippen LogP contribution in [0.5, 0.6) is 0 Å². The third-order valence-electron chi connectivity index (χ3n) is 4.99. The molecular weight excluding hydrogens is 380 g/mol. The summed E-state index contributed by atoms with van der Waals surface area (Å²) in [6.45, 7) is 0.433. The molecule has 146 valence electrons. The molecule has 0 unspecified atom stereocenters. The van der Waals surface area contributed by atoms with Gasteiger partial charge in [0.1, 0.15) is 6.33 Å². The highest BCUT2D eigenvalue weighted by molar-refractivity contribution is 6.00. The predicted octanol–water partition coefficient (Wildman–Crippen LogP) is 2.48. The fourth-order valence-corrected chi connectivity index (χ4v) is 3.54. The first-order valence-electron chi connectivity index (χ1n) is 9.37. The molecule has 30 heavy (non-hydrogen) atoms. The molecule has 1 aliphatic heterocycles. The van der Waals surface area contributed by atoms with E-state index in [0.717, 1.165) is 11.3 Å². The number of anilines is 2. The number of aromatic nitrogens is 5. The van der Waals surface area contributed by atoms with E-state index >= 15 is 0 Å². The fourth-order valence-electron chi connectivity index (χ4n) is 3.54. The van der Waals surface area contributed by atoms with Gasteiger partial charge >= 0.3 is 0 Å². The van der Waals surface area contributed by atoms with Crippen LogP contribution < -0.4 is 10.5 Å². The van der Waals surface area contributed by atoms with E-state index in [1.807, 2.05) is 24.3 Å². The molecule has 3 aromatic heterocycles. The van der Waals surface area contributed by atoms with Gasteiger partial charge in [0.2, 0.25) is 5.95 Å². The van der Waals surface area contributed by atoms with Gasteiger partial charge < -0.3 is 4.90 Å². The van der Waals surface area contributed by atoms with Crippen LogP contribution in [0, 0.1) is 0 Å². The largest absolute Gasteiger partial charge is 0.304 e. The number of carbonyl (C=O) groups is 1. The third-order valence-corrected chi connectivity index (χ3v) is 4.99. The third kappa shape index (κ3) is 3.14. The van der Waals surface area contributed by atoms with Crippen LogP contribution in [0.1, 0.15) is 15.9 Å².